The number of ether oxygens (including phenoxy) is 1. The van der Waals surface area contributed by atoms with Crippen molar-refractivity contribution in [1.82, 2.24) is 0 Å². The van der Waals surface area contributed by atoms with Crippen LogP contribution < -0.4 is 0 Å². The Morgan fingerprint density at radius 1 is 1.27 bits per heavy atom. The van der Waals surface area contributed by atoms with E-state index in [-0.39, 0.29) is 12.2 Å². The Balaban J connectivity index is 2.10. The van der Waals surface area contributed by atoms with Gasteiger partial charge in [0.25, 0.3) is 0 Å². The van der Waals surface area contributed by atoms with Gasteiger partial charge in [-0.2, -0.15) is 5.26 Å². The maximum atomic E-state index is 8.82. The maximum Gasteiger partial charge on any atom is 0.144 e. The summed E-state index contributed by atoms with van der Waals surface area (Å²) in [6.07, 6.45) is 2.88. The van der Waals surface area contributed by atoms with Crippen molar-refractivity contribution in [3.8, 4) is 6.07 Å². The SMILES string of the molecule is Cc1ccc([C@H]2CCC[C@@H](C#N)O2)cc1. The first-order valence-electron chi connectivity index (χ1n) is 5.41. The molecule has 15 heavy (non-hydrogen) atoms. The highest BCUT2D eigenvalue weighted by molar-refractivity contribution is 5.23. The topological polar surface area (TPSA) is 33.0 Å². The van der Waals surface area contributed by atoms with Crippen LogP contribution in [0.2, 0.25) is 0 Å². The van der Waals surface area contributed by atoms with Gasteiger partial charge in [0, 0.05) is 0 Å². The van der Waals surface area contributed by atoms with Gasteiger partial charge in [0.15, 0.2) is 0 Å². The van der Waals surface area contributed by atoms with E-state index in [1.165, 1.54) is 11.1 Å². The van der Waals surface area contributed by atoms with Crippen molar-refractivity contribution in [3.63, 3.8) is 0 Å². The Morgan fingerprint density at radius 2 is 2.00 bits per heavy atom. The average Bonchev–Trinajstić information content (AvgIpc) is 2.30. The van der Waals surface area contributed by atoms with Crippen LogP contribution in [0.15, 0.2) is 24.3 Å². The molecule has 78 valence electrons. The molecule has 1 aliphatic heterocycles. The van der Waals surface area contributed by atoms with Crippen LogP contribution in [-0.2, 0) is 4.74 Å². The van der Waals surface area contributed by atoms with Crippen molar-refractivity contribution in [2.45, 2.75) is 38.4 Å². The lowest BCUT2D eigenvalue weighted by Crippen LogP contribution is -2.20. The van der Waals surface area contributed by atoms with Gasteiger partial charge in [-0.05, 0) is 31.7 Å². The van der Waals surface area contributed by atoms with E-state index in [0.717, 1.165) is 19.3 Å². The smallest absolute Gasteiger partial charge is 0.144 e. The number of nitriles is 1. The molecule has 0 saturated carbocycles. The Kier molecular flexibility index (Phi) is 3.03. The molecule has 2 rings (SSSR count). The summed E-state index contributed by atoms with van der Waals surface area (Å²) in [7, 11) is 0. The predicted octanol–water partition coefficient (Wildman–Crippen LogP) is 3.13. The third-order valence-electron chi connectivity index (χ3n) is 2.85. The molecule has 2 heteroatoms. The number of nitrogens with zero attached hydrogens (tertiary/aromatic N) is 1. The number of hydrogen-bond acceptors (Lipinski definition) is 2. The summed E-state index contributed by atoms with van der Waals surface area (Å²) in [5.41, 5.74) is 2.45. The lowest BCUT2D eigenvalue weighted by molar-refractivity contribution is -0.0228. The summed E-state index contributed by atoms with van der Waals surface area (Å²) in [4.78, 5) is 0. The van der Waals surface area contributed by atoms with Gasteiger partial charge in [-0.15, -0.1) is 0 Å². The van der Waals surface area contributed by atoms with Crippen molar-refractivity contribution in [3.05, 3.63) is 35.4 Å². The molecular formula is C13H15NO. The predicted molar refractivity (Wildman–Crippen MR) is 58.3 cm³/mol. The van der Waals surface area contributed by atoms with E-state index in [4.69, 9.17) is 10.00 Å². The molecule has 1 fully saturated rings. The first kappa shape index (κ1) is 10.2. The third kappa shape index (κ3) is 2.37. The van der Waals surface area contributed by atoms with Gasteiger partial charge in [-0.25, -0.2) is 0 Å². The highest BCUT2D eigenvalue weighted by Gasteiger charge is 2.22. The molecule has 0 bridgehead atoms. The summed E-state index contributed by atoms with van der Waals surface area (Å²) < 4.78 is 5.70. The Morgan fingerprint density at radius 3 is 2.67 bits per heavy atom. The molecule has 0 aromatic heterocycles. The summed E-state index contributed by atoms with van der Waals surface area (Å²) in [6, 6.07) is 10.6. The number of hydrogen-bond donors (Lipinski definition) is 0. The van der Waals surface area contributed by atoms with Crippen LogP contribution in [0.4, 0.5) is 0 Å². The van der Waals surface area contributed by atoms with Gasteiger partial charge in [0.05, 0.1) is 12.2 Å². The van der Waals surface area contributed by atoms with Crippen LogP contribution in [0.25, 0.3) is 0 Å². The lowest BCUT2D eigenvalue weighted by atomic mass is 9.98. The minimum absolute atomic E-state index is 0.115. The first-order valence-corrected chi connectivity index (χ1v) is 5.41. The Hall–Kier alpha value is -1.33. The molecule has 0 unspecified atom stereocenters. The van der Waals surface area contributed by atoms with Crippen LogP contribution >= 0.6 is 0 Å². The van der Waals surface area contributed by atoms with Crippen molar-refractivity contribution >= 4 is 0 Å². The molecule has 1 heterocycles. The molecule has 0 N–H and O–H groups in total. The third-order valence-corrected chi connectivity index (χ3v) is 2.85. The standard InChI is InChI=1S/C13H15NO/c1-10-5-7-11(8-6-10)13-4-2-3-12(9-14)15-13/h5-8,12-13H,2-4H2,1H3/t12-,13+/m0/s1. The summed E-state index contributed by atoms with van der Waals surface area (Å²) in [5, 5.41) is 8.82. The highest BCUT2D eigenvalue weighted by Crippen LogP contribution is 2.30. The van der Waals surface area contributed by atoms with Gasteiger partial charge < -0.3 is 4.74 Å². The highest BCUT2D eigenvalue weighted by atomic mass is 16.5. The maximum absolute atomic E-state index is 8.82. The molecule has 0 radical (unpaired) electrons. The molecular weight excluding hydrogens is 186 g/mol. The van der Waals surface area contributed by atoms with E-state index in [1.807, 2.05) is 0 Å². The van der Waals surface area contributed by atoms with Gasteiger partial charge in [0.1, 0.15) is 6.10 Å². The van der Waals surface area contributed by atoms with Crippen LogP contribution in [0.3, 0.4) is 0 Å². The number of rotatable bonds is 1. The van der Waals surface area contributed by atoms with Crippen molar-refractivity contribution in [1.29, 1.82) is 5.26 Å². The normalized spacial score (nSPS) is 25.9. The minimum atomic E-state index is -0.218. The Bertz CT molecular complexity index is 363. The largest absolute Gasteiger partial charge is 0.355 e. The molecule has 2 atom stereocenters. The summed E-state index contributed by atoms with van der Waals surface area (Å²) in [6.45, 7) is 2.07. The minimum Gasteiger partial charge on any atom is -0.355 e. The van der Waals surface area contributed by atoms with Gasteiger partial charge in [-0.1, -0.05) is 29.8 Å². The molecule has 1 aromatic rings. The van der Waals surface area contributed by atoms with Crippen molar-refractivity contribution in [2.24, 2.45) is 0 Å². The molecule has 1 saturated heterocycles. The van der Waals surface area contributed by atoms with Crippen LogP contribution in [0.5, 0.6) is 0 Å². The zero-order valence-corrected chi connectivity index (χ0v) is 8.94. The zero-order chi connectivity index (χ0) is 10.7. The fourth-order valence-electron chi connectivity index (χ4n) is 1.94. The zero-order valence-electron chi connectivity index (χ0n) is 8.94. The summed E-state index contributed by atoms with van der Waals surface area (Å²) in [5.74, 6) is 0. The van der Waals surface area contributed by atoms with Crippen molar-refractivity contribution < 1.29 is 4.74 Å². The van der Waals surface area contributed by atoms with Gasteiger partial charge in [0.2, 0.25) is 0 Å². The second-order valence-corrected chi connectivity index (χ2v) is 4.08. The van der Waals surface area contributed by atoms with E-state index in [1.54, 1.807) is 0 Å². The van der Waals surface area contributed by atoms with E-state index in [0.29, 0.717) is 0 Å². The monoisotopic (exact) mass is 201 g/mol. The number of aryl methyl sites for hydroxylation is 1. The second-order valence-electron chi connectivity index (χ2n) is 4.08. The fraction of sp³-hybridized carbons (Fsp3) is 0.462. The van der Waals surface area contributed by atoms with Crippen LogP contribution in [0, 0.1) is 18.3 Å². The number of benzene rings is 1. The fourth-order valence-corrected chi connectivity index (χ4v) is 1.94. The van der Waals surface area contributed by atoms with E-state index in [2.05, 4.69) is 37.3 Å². The quantitative estimate of drug-likeness (QED) is 0.699. The van der Waals surface area contributed by atoms with Gasteiger partial charge >= 0.3 is 0 Å². The molecule has 1 aliphatic rings. The van der Waals surface area contributed by atoms with Crippen LogP contribution in [0.1, 0.15) is 36.5 Å². The molecule has 0 spiro atoms. The van der Waals surface area contributed by atoms with E-state index >= 15 is 0 Å². The average molecular weight is 201 g/mol. The van der Waals surface area contributed by atoms with E-state index in [9.17, 15) is 0 Å². The first-order chi connectivity index (χ1) is 7.29. The Labute approximate surface area is 90.5 Å². The molecule has 0 aliphatic carbocycles. The molecule has 2 nitrogen and oxygen atoms in total. The summed E-state index contributed by atoms with van der Waals surface area (Å²) >= 11 is 0. The molecule has 1 aromatic carbocycles. The van der Waals surface area contributed by atoms with Crippen LogP contribution in [-0.4, -0.2) is 6.10 Å². The molecule has 0 amide bonds. The van der Waals surface area contributed by atoms with Crippen molar-refractivity contribution in [2.75, 3.05) is 0 Å². The van der Waals surface area contributed by atoms with E-state index < -0.39 is 0 Å². The lowest BCUT2D eigenvalue weighted by Gasteiger charge is -2.26. The second kappa shape index (κ2) is 4.46. The van der Waals surface area contributed by atoms with Gasteiger partial charge in [-0.3, -0.25) is 0 Å².